The maximum atomic E-state index is 13.0. The average Bonchev–Trinajstić information content (AvgIpc) is 2.99. The number of aryl methyl sites for hydroxylation is 1. The first kappa shape index (κ1) is 17.9. The van der Waals surface area contributed by atoms with E-state index < -0.39 is 0 Å². The molecule has 0 saturated carbocycles. The summed E-state index contributed by atoms with van der Waals surface area (Å²) in [5.74, 6) is 1.85. The van der Waals surface area contributed by atoms with Gasteiger partial charge in [-0.15, -0.1) is 0 Å². The first-order valence-corrected chi connectivity index (χ1v) is 9.06. The third-order valence-corrected chi connectivity index (χ3v) is 5.60. The van der Waals surface area contributed by atoms with E-state index in [9.17, 15) is 9.90 Å². The van der Waals surface area contributed by atoms with Crippen LogP contribution in [0.2, 0.25) is 0 Å². The molecule has 1 atom stereocenters. The number of nitrogens with zero attached hydrogens (tertiary/aromatic N) is 5. The van der Waals surface area contributed by atoms with Crippen LogP contribution in [0.3, 0.4) is 0 Å². The van der Waals surface area contributed by atoms with Crippen LogP contribution in [0.1, 0.15) is 30.5 Å². The smallest absolute Gasteiger partial charge is 0.230 e. The quantitative estimate of drug-likeness (QED) is 0.875. The second kappa shape index (κ2) is 6.78. The molecule has 0 unspecified atom stereocenters. The Hall–Kier alpha value is -1.89. The van der Waals surface area contributed by atoms with Crippen molar-refractivity contribution in [2.24, 2.45) is 5.41 Å². The molecule has 0 aromatic carbocycles. The van der Waals surface area contributed by atoms with Crippen LogP contribution in [0.15, 0.2) is 0 Å². The fourth-order valence-electron chi connectivity index (χ4n) is 4.03. The van der Waals surface area contributed by atoms with E-state index in [1.54, 1.807) is 0 Å². The van der Waals surface area contributed by atoms with E-state index in [1.807, 2.05) is 30.8 Å². The van der Waals surface area contributed by atoms with Gasteiger partial charge in [-0.25, -0.2) is 4.98 Å². The van der Waals surface area contributed by atoms with Crippen molar-refractivity contribution >= 4 is 17.7 Å². The lowest BCUT2D eigenvalue weighted by molar-refractivity contribution is -0.145. The second-order valence-corrected chi connectivity index (χ2v) is 7.52. The molecule has 3 heterocycles. The predicted molar refractivity (Wildman–Crippen MR) is 98.0 cm³/mol. The Labute approximate surface area is 149 Å². The maximum absolute atomic E-state index is 13.0. The molecule has 1 aromatic rings. The van der Waals surface area contributed by atoms with Gasteiger partial charge in [0.25, 0.3) is 0 Å². The SMILES string of the molecule is Cc1nc(N(C)C)nc(N2CC[C@@]3(CCCN(CCO)C3=O)C2)c1C. The first-order valence-electron chi connectivity index (χ1n) is 9.06. The summed E-state index contributed by atoms with van der Waals surface area (Å²) in [6.07, 6.45) is 2.78. The van der Waals surface area contributed by atoms with E-state index in [2.05, 4.69) is 16.8 Å². The summed E-state index contributed by atoms with van der Waals surface area (Å²) in [6.45, 7) is 6.83. The second-order valence-electron chi connectivity index (χ2n) is 7.52. The number of aliphatic hydroxyl groups is 1. The lowest BCUT2D eigenvalue weighted by atomic mass is 9.78. The van der Waals surface area contributed by atoms with Gasteiger partial charge in [0.15, 0.2) is 0 Å². The van der Waals surface area contributed by atoms with Crippen molar-refractivity contribution in [3.05, 3.63) is 11.3 Å². The fourth-order valence-corrected chi connectivity index (χ4v) is 4.03. The summed E-state index contributed by atoms with van der Waals surface area (Å²) in [5.41, 5.74) is 1.74. The predicted octanol–water partition coefficient (Wildman–Crippen LogP) is 0.971. The number of aliphatic hydroxyl groups excluding tert-OH is 1. The molecular weight excluding hydrogens is 318 g/mol. The summed E-state index contributed by atoms with van der Waals surface area (Å²) >= 11 is 0. The number of carbonyl (C=O) groups excluding carboxylic acids is 1. The minimum Gasteiger partial charge on any atom is -0.395 e. The van der Waals surface area contributed by atoms with Gasteiger partial charge in [0.2, 0.25) is 11.9 Å². The first-order chi connectivity index (χ1) is 11.9. The number of piperidine rings is 1. The zero-order chi connectivity index (χ0) is 18.2. The number of amides is 1. The number of hydrogen-bond acceptors (Lipinski definition) is 6. The van der Waals surface area contributed by atoms with E-state index in [4.69, 9.17) is 4.98 Å². The third-order valence-electron chi connectivity index (χ3n) is 5.60. The Kier molecular flexibility index (Phi) is 4.86. The normalized spacial score (nSPS) is 23.6. The van der Waals surface area contributed by atoms with Crippen LogP contribution in [-0.2, 0) is 4.79 Å². The number of likely N-dealkylation sites (tertiary alicyclic amines) is 1. The van der Waals surface area contributed by atoms with E-state index in [0.717, 1.165) is 49.4 Å². The molecule has 1 amide bonds. The van der Waals surface area contributed by atoms with Crippen LogP contribution in [0.25, 0.3) is 0 Å². The highest BCUT2D eigenvalue weighted by Crippen LogP contribution is 2.42. The molecular formula is C18H29N5O2. The number of β-amino-alcohol motifs (C(OH)–C–C–N with tert-alkyl or cyclic N) is 1. The van der Waals surface area contributed by atoms with Crippen molar-refractivity contribution < 1.29 is 9.90 Å². The summed E-state index contributed by atoms with van der Waals surface area (Å²) in [4.78, 5) is 28.3. The molecule has 2 fully saturated rings. The van der Waals surface area contributed by atoms with Crippen molar-refractivity contribution in [2.45, 2.75) is 33.1 Å². The summed E-state index contributed by atoms with van der Waals surface area (Å²) < 4.78 is 0. The zero-order valence-electron chi connectivity index (χ0n) is 15.7. The minimum absolute atomic E-state index is 0.0297. The van der Waals surface area contributed by atoms with Crippen molar-refractivity contribution in [3.63, 3.8) is 0 Å². The molecule has 1 spiro atoms. The van der Waals surface area contributed by atoms with Crippen LogP contribution < -0.4 is 9.80 Å². The van der Waals surface area contributed by atoms with E-state index >= 15 is 0 Å². The average molecular weight is 347 g/mol. The standard InChI is InChI=1S/C18H29N5O2/c1-13-14(2)19-17(21(3)4)20-15(13)23-9-7-18(12-23)6-5-8-22(10-11-24)16(18)25/h24H,5-12H2,1-4H3/t18-/m0/s1. The monoisotopic (exact) mass is 347 g/mol. The Morgan fingerprint density at radius 3 is 2.64 bits per heavy atom. The van der Waals surface area contributed by atoms with Gasteiger partial charge in [0.1, 0.15) is 5.82 Å². The Morgan fingerprint density at radius 2 is 1.96 bits per heavy atom. The van der Waals surface area contributed by atoms with E-state index in [1.165, 1.54) is 0 Å². The number of hydrogen-bond donors (Lipinski definition) is 1. The van der Waals surface area contributed by atoms with Crippen molar-refractivity contribution in [1.82, 2.24) is 14.9 Å². The molecule has 2 saturated heterocycles. The van der Waals surface area contributed by atoms with Gasteiger partial charge in [-0.05, 0) is 33.1 Å². The van der Waals surface area contributed by atoms with Gasteiger partial charge in [0, 0.05) is 51.5 Å². The Bertz CT molecular complexity index is 661. The number of anilines is 2. The number of rotatable bonds is 4. The van der Waals surface area contributed by atoms with Crippen LogP contribution >= 0.6 is 0 Å². The molecule has 7 nitrogen and oxygen atoms in total. The molecule has 25 heavy (non-hydrogen) atoms. The third kappa shape index (κ3) is 3.17. The van der Waals surface area contributed by atoms with Crippen LogP contribution in [-0.4, -0.2) is 72.8 Å². The van der Waals surface area contributed by atoms with Gasteiger partial charge in [-0.2, -0.15) is 4.98 Å². The number of carbonyl (C=O) groups is 1. The molecule has 1 N–H and O–H groups in total. The van der Waals surface area contributed by atoms with Gasteiger partial charge in [0.05, 0.1) is 12.0 Å². The lowest BCUT2D eigenvalue weighted by Crippen LogP contribution is -2.50. The highest BCUT2D eigenvalue weighted by atomic mass is 16.3. The minimum atomic E-state index is -0.322. The molecule has 0 radical (unpaired) electrons. The molecule has 0 aliphatic carbocycles. The van der Waals surface area contributed by atoms with Crippen molar-refractivity contribution in [3.8, 4) is 0 Å². The Balaban J connectivity index is 1.87. The van der Waals surface area contributed by atoms with Gasteiger partial charge >= 0.3 is 0 Å². The lowest BCUT2D eigenvalue weighted by Gasteiger charge is -2.39. The van der Waals surface area contributed by atoms with Crippen molar-refractivity contribution in [2.75, 3.05) is 56.7 Å². The van der Waals surface area contributed by atoms with Crippen molar-refractivity contribution in [1.29, 1.82) is 0 Å². The summed E-state index contributed by atoms with van der Waals surface area (Å²) in [6, 6.07) is 0. The molecule has 138 valence electrons. The highest BCUT2D eigenvalue weighted by Gasteiger charge is 2.48. The van der Waals surface area contributed by atoms with E-state index in [0.29, 0.717) is 19.0 Å². The van der Waals surface area contributed by atoms with E-state index in [-0.39, 0.29) is 17.9 Å². The van der Waals surface area contributed by atoms with Crippen LogP contribution in [0.4, 0.5) is 11.8 Å². The molecule has 0 bridgehead atoms. The van der Waals surface area contributed by atoms with Gasteiger partial charge < -0.3 is 19.8 Å². The zero-order valence-corrected chi connectivity index (χ0v) is 15.7. The highest BCUT2D eigenvalue weighted by molar-refractivity contribution is 5.85. The largest absolute Gasteiger partial charge is 0.395 e. The molecule has 3 rings (SSSR count). The van der Waals surface area contributed by atoms with Crippen LogP contribution in [0.5, 0.6) is 0 Å². The van der Waals surface area contributed by atoms with Crippen LogP contribution in [0, 0.1) is 19.3 Å². The maximum Gasteiger partial charge on any atom is 0.230 e. The van der Waals surface area contributed by atoms with Gasteiger partial charge in [-0.3, -0.25) is 4.79 Å². The molecule has 1 aromatic heterocycles. The molecule has 2 aliphatic heterocycles. The number of aromatic nitrogens is 2. The Morgan fingerprint density at radius 1 is 1.20 bits per heavy atom. The molecule has 7 heteroatoms. The fraction of sp³-hybridized carbons (Fsp3) is 0.722. The molecule has 2 aliphatic rings. The van der Waals surface area contributed by atoms with Gasteiger partial charge in [-0.1, -0.05) is 0 Å². The summed E-state index contributed by atoms with van der Waals surface area (Å²) in [5, 5.41) is 9.22. The topological polar surface area (TPSA) is 72.8 Å². The summed E-state index contributed by atoms with van der Waals surface area (Å²) in [7, 11) is 3.88.